The van der Waals surface area contributed by atoms with Crippen molar-refractivity contribution in [1.29, 1.82) is 0 Å². The second kappa shape index (κ2) is 4.61. The van der Waals surface area contributed by atoms with Crippen molar-refractivity contribution < 1.29 is 22.3 Å². The number of rotatable bonds is 4. The van der Waals surface area contributed by atoms with Gasteiger partial charge in [-0.15, -0.1) is 0 Å². The van der Waals surface area contributed by atoms with E-state index in [-0.39, 0.29) is 11.0 Å². The summed E-state index contributed by atoms with van der Waals surface area (Å²) in [5.41, 5.74) is 0. The summed E-state index contributed by atoms with van der Waals surface area (Å²) in [5, 5.41) is 0.0444. The van der Waals surface area contributed by atoms with Gasteiger partial charge in [0.05, 0.1) is 12.4 Å². The molecular formula is C7H5ClF4N2O. The molecule has 0 amide bonds. The first kappa shape index (κ1) is 12.0. The average molecular weight is 245 g/mol. The molecule has 84 valence electrons. The van der Waals surface area contributed by atoms with Crippen LogP contribution in [0.2, 0.25) is 5.15 Å². The predicted molar refractivity (Wildman–Crippen MR) is 43.5 cm³/mol. The van der Waals surface area contributed by atoms with Crippen LogP contribution in [0.1, 0.15) is 0 Å². The lowest BCUT2D eigenvalue weighted by Gasteiger charge is -2.14. The smallest absolute Gasteiger partial charge is 0.340 e. The van der Waals surface area contributed by atoms with Gasteiger partial charge < -0.3 is 4.74 Å². The minimum Gasteiger partial charge on any atom is -0.470 e. The first-order valence-electron chi connectivity index (χ1n) is 3.68. The van der Waals surface area contributed by atoms with Crippen LogP contribution in [-0.4, -0.2) is 28.9 Å². The zero-order chi connectivity index (χ0) is 11.5. The fourth-order valence-corrected chi connectivity index (χ4v) is 0.706. The molecule has 8 heteroatoms. The van der Waals surface area contributed by atoms with Crippen LogP contribution < -0.4 is 4.74 Å². The highest BCUT2D eigenvalue weighted by Gasteiger charge is 2.41. The first-order valence-corrected chi connectivity index (χ1v) is 4.06. The van der Waals surface area contributed by atoms with Crippen molar-refractivity contribution in [3.63, 3.8) is 0 Å². The molecule has 1 heterocycles. The number of hydrogen-bond donors (Lipinski definition) is 0. The van der Waals surface area contributed by atoms with E-state index in [1.807, 2.05) is 0 Å². The third kappa shape index (κ3) is 3.50. The van der Waals surface area contributed by atoms with Crippen LogP contribution in [0.25, 0.3) is 0 Å². The molecule has 0 aromatic carbocycles. The lowest BCUT2D eigenvalue weighted by molar-refractivity contribution is -0.148. The zero-order valence-corrected chi connectivity index (χ0v) is 7.89. The van der Waals surface area contributed by atoms with E-state index in [0.717, 1.165) is 12.4 Å². The molecule has 1 aromatic heterocycles. The SMILES string of the molecule is FC(F)C(F)(F)COc1cnc(Cl)cn1. The number of halogens is 5. The van der Waals surface area contributed by atoms with Gasteiger partial charge in [0, 0.05) is 0 Å². The van der Waals surface area contributed by atoms with Crippen molar-refractivity contribution in [1.82, 2.24) is 9.97 Å². The molecular weight excluding hydrogens is 240 g/mol. The van der Waals surface area contributed by atoms with E-state index in [9.17, 15) is 17.6 Å². The van der Waals surface area contributed by atoms with Crippen LogP contribution in [0.5, 0.6) is 5.88 Å². The lowest BCUT2D eigenvalue weighted by Crippen LogP contribution is -2.33. The Morgan fingerprint density at radius 3 is 2.47 bits per heavy atom. The summed E-state index contributed by atoms with van der Waals surface area (Å²) < 4.78 is 52.4. The Bertz CT molecular complexity index is 319. The van der Waals surface area contributed by atoms with Gasteiger partial charge in [-0.05, 0) is 0 Å². The lowest BCUT2D eigenvalue weighted by atomic mass is 10.4. The number of aromatic nitrogens is 2. The van der Waals surface area contributed by atoms with E-state index in [1.54, 1.807) is 0 Å². The highest BCUT2D eigenvalue weighted by molar-refractivity contribution is 6.29. The number of hydrogen-bond acceptors (Lipinski definition) is 3. The Hall–Kier alpha value is -1.11. The van der Waals surface area contributed by atoms with Gasteiger partial charge in [-0.3, -0.25) is 0 Å². The molecule has 0 aliphatic rings. The normalized spacial score (nSPS) is 11.9. The molecule has 0 saturated heterocycles. The number of nitrogens with zero attached hydrogens (tertiary/aromatic N) is 2. The second-order valence-corrected chi connectivity index (χ2v) is 2.92. The van der Waals surface area contributed by atoms with Crippen LogP contribution in [0.15, 0.2) is 12.4 Å². The van der Waals surface area contributed by atoms with E-state index in [2.05, 4.69) is 14.7 Å². The predicted octanol–water partition coefficient (Wildman–Crippen LogP) is 2.41. The van der Waals surface area contributed by atoms with E-state index >= 15 is 0 Å². The van der Waals surface area contributed by atoms with E-state index in [4.69, 9.17) is 11.6 Å². The van der Waals surface area contributed by atoms with Gasteiger partial charge in [0.2, 0.25) is 5.88 Å². The maximum atomic E-state index is 12.4. The molecule has 3 nitrogen and oxygen atoms in total. The van der Waals surface area contributed by atoms with Crippen LogP contribution in [-0.2, 0) is 0 Å². The highest BCUT2D eigenvalue weighted by Crippen LogP contribution is 2.23. The van der Waals surface area contributed by atoms with Crippen LogP contribution >= 0.6 is 11.6 Å². The Balaban J connectivity index is 2.54. The molecule has 0 bridgehead atoms. The Morgan fingerprint density at radius 2 is 2.00 bits per heavy atom. The maximum Gasteiger partial charge on any atom is 0.340 e. The van der Waals surface area contributed by atoms with E-state index in [1.165, 1.54) is 0 Å². The Labute approximate surface area is 87.0 Å². The summed E-state index contributed by atoms with van der Waals surface area (Å²) in [5.74, 6) is -4.50. The van der Waals surface area contributed by atoms with Gasteiger partial charge in [0.25, 0.3) is 0 Å². The maximum absolute atomic E-state index is 12.4. The molecule has 0 saturated carbocycles. The van der Waals surface area contributed by atoms with Crippen LogP contribution in [0.3, 0.4) is 0 Å². The molecule has 1 rings (SSSR count). The fraction of sp³-hybridized carbons (Fsp3) is 0.429. The third-order valence-electron chi connectivity index (χ3n) is 1.33. The molecule has 1 aromatic rings. The summed E-state index contributed by atoms with van der Waals surface area (Å²) in [7, 11) is 0. The van der Waals surface area contributed by atoms with Crippen molar-refractivity contribution >= 4 is 11.6 Å². The van der Waals surface area contributed by atoms with Crippen LogP contribution in [0.4, 0.5) is 17.6 Å². The van der Waals surface area contributed by atoms with Gasteiger partial charge in [-0.2, -0.15) is 8.78 Å². The summed E-state index contributed by atoms with van der Waals surface area (Å²) in [6.07, 6.45) is -1.76. The molecule has 0 aliphatic carbocycles. The van der Waals surface area contributed by atoms with Gasteiger partial charge >= 0.3 is 12.3 Å². The van der Waals surface area contributed by atoms with Crippen molar-refractivity contribution in [2.75, 3.05) is 6.61 Å². The minimum absolute atomic E-state index is 0.0444. The summed E-state index contributed by atoms with van der Waals surface area (Å²) in [6.45, 7) is -1.46. The first-order chi connectivity index (χ1) is 6.92. The Kier molecular flexibility index (Phi) is 3.67. The molecule has 0 fully saturated rings. The fourth-order valence-electron chi connectivity index (χ4n) is 0.608. The van der Waals surface area contributed by atoms with Crippen LogP contribution in [0, 0.1) is 0 Å². The van der Waals surface area contributed by atoms with Crippen molar-refractivity contribution in [2.24, 2.45) is 0 Å². The minimum atomic E-state index is -4.21. The summed E-state index contributed by atoms with van der Waals surface area (Å²) in [6, 6.07) is 0. The zero-order valence-electron chi connectivity index (χ0n) is 7.13. The molecule has 0 spiro atoms. The number of ether oxygens (including phenoxy) is 1. The van der Waals surface area contributed by atoms with Crippen molar-refractivity contribution in [2.45, 2.75) is 12.3 Å². The largest absolute Gasteiger partial charge is 0.470 e. The number of alkyl halides is 4. The molecule has 0 N–H and O–H groups in total. The topological polar surface area (TPSA) is 35.0 Å². The molecule has 15 heavy (non-hydrogen) atoms. The molecule has 0 atom stereocenters. The summed E-state index contributed by atoms with van der Waals surface area (Å²) >= 11 is 5.35. The molecule has 0 radical (unpaired) electrons. The Morgan fingerprint density at radius 1 is 1.33 bits per heavy atom. The van der Waals surface area contributed by atoms with Gasteiger partial charge in [-0.1, -0.05) is 11.6 Å². The van der Waals surface area contributed by atoms with Gasteiger partial charge in [0.15, 0.2) is 6.61 Å². The highest BCUT2D eigenvalue weighted by atomic mass is 35.5. The monoisotopic (exact) mass is 244 g/mol. The van der Waals surface area contributed by atoms with E-state index in [0.29, 0.717) is 0 Å². The van der Waals surface area contributed by atoms with Crippen molar-refractivity contribution in [3.8, 4) is 5.88 Å². The average Bonchev–Trinajstić information content (AvgIpc) is 2.17. The standard InChI is InChI=1S/C7H5ClF4N2O/c8-4-1-14-5(2-13-4)15-3-7(11,12)6(9)10/h1-2,6H,3H2. The van der Waals surface area contributed by atoms with Gasteiger partial charge in [0.1, 0.15) is 5.15 Å². The van der Waals surface area contributed by atoms with Gasteiger partial charge in [-0.25, -0.2) is 18.7 Å². The molecule has 0 unspecified atom stereocenters. The van der Waals surface area contributed by atoms with E-state index < -0.39 is 19.0 Å². The van der Waals surface area contributed by atoms with Crippen molar-refractivity contribution in [3.05, 3.63) is 17.5 Å². The third-order valence-corrected chi connectivity index (χ3v) is 1.52. The summed E-state index contributed by atoms with van der Waals surface area (Å²) in [4.78, 5) is 6.92. The second-order valence-electron chi connectivity index (χ2n) is 2.53. The molecule has 0 aliphatic heterocycles. The quantitative estimate of drug-likeness (QED) is 0.763.